The summed E-state index contributed by atoms with van der Waals surface area (Å²) in [4.78, 5) is 31.1. The third-order valence-electron chi connectivity index (χ3n) is 4.60. The van der Waals surface area contributed by atoms with Crippen molar-refractivity contribution in [2.45, 2.75) is 12.3 Å². The normalized spacial score (nSPS) is 15.9. The maximum absolute atomic E-state index is 12.9. The predicted molar refractivity (Wildman–Crippen MR) is 103 cm³/mol. The van der Waals surface area contributed by atoms with Crippen LogP contribution in [0.2, 0.25) is 0 Å². The second-order valence-electron chi connectivity index (χ2n) is 6.57. The fourth-order valence-corrected chi connectivity index (χ4v) is 3.12. The van der Waals surface area contributed by atoms with Gasteiger partial charge >= 0.3 is 0 Å². The lowest BCUT2D eigenvalue weighted by molar-refractivity contribution is -0.132. The Bertz CT molecular complexity index is 970. The summed E-state index contributed by atoms with van der Waals surface area (Å²) in [5.41, 5.74) is 0.855. The molecule has 4 rings (SSSR count). The first-order valence-electron chi connectivity index (χ1n) is 9.20. The average molecular weight is 394 g/mol. The van der Waals surface area contributed by atoms with Crippen LogP contribution in [0.4, 0.5) is 16.3 Å². The van der Waals surface area contributed by atoms with Gasteiger partial charge in [0.25, 0.3) is 5.91 Å². The van der Waals surface area contributed by atoms with E-state index in [4.69, 9.17) is 4.74 Å². The van der Waals surface area contributed by atoms with Gasteiger partial charge in [0.15, 0.2) is 6.61 Å². The minimum Gasteiger partial charge on any atom is -0.484 e. The fraction of sp³-hybridized carbons (Fsp3) is 0.250. The number of nitrogens with one attached hydrogen (secondary N) is 1. The molecule has 3 heterocycles. The molecule has 9 heteroatoms. The molecule has 3 aromatic rings. The largest absolute Gasteiger partial charge is 0.484 e. The summed E-state index contributed by atoms with van der Waals surface area (Å²) in [5, 5.41) is 2.97. The highest BCUT2D eigenvalue weighted by Gasteiger charge is 2.28. The molecule has 1 saturated heterocycles. The van der Waals surface area contributed by atoms with Crippen LogP contribution in [-0.2, 0) is 4.79 Å². The Morgan fingerprint density at radius 3 is 2.66 bits per heavy atom. The molecule has 1 N–H and O–H groups in total. The lowest BCUT2D eigenvalue weighted by Gasteiger charge is -2.17. The molecule has 0 aliphatic carbocycles. The number of carbonyl (C=O) groups is 1. The van der Waals surface area contributed by atoms with Crippen LogP contribution in [0.25, 0.3) is 0 Å². The minimum atomic E-state index is -0.344. The van der Waals surface area contributed by atoms with E-state index in [0.717, 1.165) is 12.1 Å². The Morgan fingerprint density at radius 1 is 1.10 bits per heavy atom. The summed E-state index contributed by atoms with van der Waals surface area (Å²) in [5.74, 6) is 0.963. The highest BCUT2D eigenvalue weighted by Crippen LogP contribution is 2.26. The molecule has 1 aliphatic heterocycles. The number of halogens is 1. The highest BCUT2D eigenvalue weighted by molar-refractivity contribution is 5.78. The van der Waals surface area contributed by atoms with Crippen LogP contribution in [0, 0.1) is 5.82 Å². The van der Waals surface area contributed by atoms with Gasteiger partial charge in [-0.15, -0.1) is 0 Å². The monoisotopic (exact) mass is 394 g/mol. The molecule has 0 spiro atoms. The second-order valence-corrected chi connectivity index (χ2v) is 6.57. The number of hydrogen-bond donors (Lipinski definition) is 1. The van der Waals surface area contributed by atoms with Crippen molar-refractivity contribution >= 4 is 17.8 Å². The van der Waals surface area contributed by atoms with Gasteiger partial charge < -0.3 is 9.64 Å². The molecule has 0 radical (unpaired) electrons. The van der Waals surface area contributed by atoms with Crippen molar-refractivity contribution in [2.24, 2.45) is 0 Å². The number of ether oxygens (including phenoxy) is 1. The van der Waals surface area contributed by atoms with E-state index in [2.05, 4.69) is 25.3 Å². The fourth-order valence-electron chi connectivity index (χ4n) is 3.12. The Morgan fingerprint density at radius 2 is 1.86 bits per heavy atom. The van der Waals surface area contributed by atoms with Gasteiger partial charge in [-0.2, -0.15) is 0 Å². The SMILES string of the molecule is O=C(COc1ccc(F)cc1)N1CC[C@@H](c2ccnc(Nc3ncccn3)n2)C1. The van der Waals surface area contributed by atoms with Gasteiger partial charge in [0, 0.05) is 37.6 Å². The van der Waals surface area contributed by atoms with Crippen LogP contribution in [0.5, 0.6) is 5.75 Å². The van der Waals surface area contributed by atoms with Crippen molar-refractivity contribution in [1.82, 2.24) is 24.8 Å². The van der Waals surface area contributed by atoms with E-state index in [0.29, 0.717) is 30.7 Å². The van der Waals surface area contributed by atoms with Gasteiger partial charge in [-0.3, -0.25) is 10.1 Å². The van der Waals surface area contributed by atoms with Crippen LogP contribution in [-0.4, -0.2) is 50.4 Å². The molecule has 2 aromatic heterocycles. The first-order valence-corrected chi connectivity index (χ1v) is 9.20. The standard InChI is InChI=1S/C20H19FN6O2/c21-15-2-4-16(5-3-15)29-13-18(28)27-11-7-14(12-27)17-6-10-24-20(25-17)26-19-22-8-1-9-23-19/h1-6,8-10,14H,7,11-13H2,(H,22,23,24,25,26)/t14-/m1/s1. The summed E-state index contributed by atoms with van der Waals surface area (Å²) in [6, 6.07) is 9.18. The molecule has 1 fully saturated rings. The number of benzene rings is 1. The molecule has 1 atom stereocenters. The summed E-state index contributed by atoms with van der Waals surface area (Å²) < 4.78 is 18.4. The molecular weight excluding hydrogens is 375 g/mol. The van der Waals surface area contributed by atoms with Crippen molar-refractivity contribution in [3.63, 3.8) is 0 Å². The van der Waals surface area contributed by atoms with Crippen molar-refractivity contribution in [3.8, 4) is 5.75 Å². The van der Waals surface area contributed by atoms with Gasteiger partial charge in [-0.1, -0.05) is 0 Å². The molecule has 29 heavy (non-hydrogen) atoms. The molecular formula is C20H19FN6O2. The number of anilines is 2. The van der Waals surface area contributed by atoms with E-state index in [1.165, 1.54) is 24.3 Å². The molecule has 1 aliphatic rings. The van der Waals surface area contributed by atoms with E-state index in [9.17, 15) is 9.18 Å². The zero-order chi connectivity index (χ0) is 20.1. The van der Waals surface area contributed by atoms with E-state index >= 15 is 0 Å². The number of nitrogens with zero attached hydrogens (tertiary/aromatic N) is 5. The van der Waals surface area contributed by atoms with Crippen molar-refractivity contribution in [2.75, 3.05) is 25.0 Å². The third-order valence-corrected chi connectivity index (χ3v) is 4.60. The number of aromatic nitrogens is 4. The smallest absolute Gasteiger partial charge is 0.260 e. The van der Waals surface area contributed by atoms with Crippen molar-refractivity contribution in [1.29, 1.82) is 0 Å². The van der Waals surface area contributed by atoms with Crippen LogP contribution in [0.3, 0.4) is 0 Å². The summed E-state index contributed by atoms with van der Waals surface area (Å²) in [6.07, 6.45) is 5.75. The highest BCUT2D eigenvalue weighted by atomic mass is 19.1. The topological polar surface area (TPSA) is 93.1 Å². The van der Waals surface area contributed by atoms with Gasteiger partial charge in [-0.05, 0) is 42.8 Å². The van der Waals surface area contributed by atoms with E-state index in [-0.39, 0.29) is 24.2 Å². The molecule has 0 bridgehead atoms. The Balaban J connectivity index is 1.33. The lowest BCUT2D eigenvalue weighted by Crippen LogP contribution is -2.32. The molecule has 1 aromatic carbocycles. The quantitative estimate of drug-likeness (QED) is 0.687. The van der Waals surface area contributed by atoms with E-state index in [1.807, 2.05) is 6.07 Å². The van der Waals surface area contributed by atoms with Crippen LogP contribution < -0.4 is 10.1 Å². The van der Waals surface area contributed by atoms with Crippen LogP contribution in [0.1, 0.15) is 18.0 Å². The summed E-state index contributed by atoms with van der Waals surface area (Å²) in [6.45, 7) is 1.11. The van der Waals surface area contributed by atoms with E-state index in [1.54, 1.807) is 29.6 Å². The minimum absolute atomic E-state index is 0.0831. The zero-order valence-corrected chi connectivity index (χ0v) is 15.5. The van der Waals surface area contributed by atoms with E-state index < -0.39 is 0 Å². The lowest BCUT2D eigenvalue weighted by atomic mass is 10.1. The molecule has 1 amide bonds. The molecule has 8 nitrogen and oxygen atoms in total. The molecule has 148 valence electrons. The van der Waals surface area contributed by atoms with Gasteiger partial charge in [0.05, 0.1) is 5.69 Å². The Labute approximate surface area is 166 Å². The number of rotatable bonds is 6. The van der Waals surface area contributed by atoms with Crippen LogP contribution in [0.15, 0.2) is 55.0 Å². The van der Waals surface area contributed by atoms with Crippen molar-refractivity contribution in [3.05, 3.63) is 66.5 Å². The number of carbonyl (C=O) groups excluding carboxylic acids is 1. The third kappa shape index (κ3) is 4.81. The number of likely N-dealkylation sites (tertiary alicyclic amines) is 1. The Hall–Kier alpha value is -3.62. The zero-order valence-electron chi connectivity index (χ0n) is 15.5. The van der Waals surface area contributed by atoms with Gasteiger partial charge in [0.1, 0.15) is 11.6 Å². The number of amides is 1. The predicted octanol–water partition coefficient (Wildman–Crippen LogP) is 2.54. The maximum Gasteiger partial charge on any atom is 0.260 e. The van der Waals surface area contributed by atoms with Gasteiger partial charge in [-0.25, -0.2) is 24.3 Å². The molecule has 0 saturated carbocycles. The first-order chi connectivity index (χ1) is 14.2. The van der Waals surface area contributed by atoms with Crippen LogP contribution >= 0.6 is 0 Å². The van der Waals surface area contributed by atoms with Gasteiger partial charge in [0.2, 0.25) is 11.9 Å². The average Bonchev–Trinajstić information content (AvgIpc) is 3.25. The first kappa shape index (κ1) is 18.7. The summed E-state index contributed by atoms with van der Waals surface area (Å²) >= 11 is 0. The van der Waals surface area contributed by atoms with Crippen molar-refractivity contribution < 1.29 is 13.9 Å². The molecule has 0 unspecified atom stereocenters. The summed E-state index contributed by atoms with van der Waals surface area (Å²) in [7, 11) is 0. The maximum atomic E-state index is 12.9. The number of hydrogen-bond acceptors (Lipinski definition) is 7. The Kier molecular flexibility index (Phi) is 5.55. The second kappa shape index (κ2) is 8.59.